The lowest BCUT2D eigenvalue weighted by molar-refractivity contribution is -0.391. The molecule has 0 aliphatic heterocycles. The van der Waals surface area contributed by atoms with E-state index in [1.165, 1.54) is 22.6 Å². The largest absolute Gasteiger partial charge is 0.374 e. The van der Waals surface area contributed by atoms with E-state index in [2.05, 4.69) is 4.98 Å². The van der Waals surface area contributed by atoms with Crippen molar-refractivity contribution in [2.24, 2.45) is 0 Å². The van der Waals surface area contributed by atoms with Crippen LogP contribution in [0.1, 0.15) is 12.0 Å². The third kappa shape index (κ3) is 3.19. The Morgan fingerprint density at radius 3 is 2.41 bits per heavy atom. The van der Waals surface area contributed by atoms with Crippen LogP contribution in [-0.2, 0) is 9.05 Å². The molecule has 0 aliphatic rings. The first-order chi connectivity index (χ1) is 7.64. The normalized spacial score (nSPS) is 11.8. The van der Waals surface area contributed by atoms with Gasteiger partial charge in [0.2, 0.25) is 0 Å². The highest BCUT2D eigenvalue weighted by Crippen LogP contribution is 2.33. The molecule has 0 bridgehead atoms. The van der Waals surface area contributed by atoms with Crippen molar-refractivity contribution in [3.63, 3.8) is 0 Å². The molecule has 0 aliphatic carbocycles. The molecule has 1 aromatic heterocycles. The first kappa shape index (κ1) is 14.4. The predicted octanol–water partition coefficient (Wildman–Crippen LogP) is 2.46. The van der Waals surface area contributed by atoms with Crippen molar-refractivity contribution in [2.75, 3.05) is 0 Å². The van der Waals surface area contributed by atoms with E-state index in [1.807, 2.05) is 0 Å². The SMILES string of the molecule is O=[N+]([O-])c1nc(S(=O)(=O)Cl)cc(I)c1C(F)F. The van der Waals surface area contributed by atoms with Crippen molar-refractivity contribution < 1.29 is 22.1 Å². The van der Waals surface area contributed by atoms with Crippen LogP contribution in [0.3, 0.4) is 0 Å². The van der Waals surface area contributed by atoms with Crippen LogP contribution in [0.15, 0.2) is 11.1 Å². The Kier molecular flexibility index (Phi) is 4.19. The minimum atomic E-state index is -4.32. The van der Waals surface area contributed by atoms with Gasteiger partial charge in [0.15, 0.2) is 0 Å². The summed E-state index contributed by atoms with van der Waals surface area (Å²) in [5.41, 5.74) is -0.931. The lowest BCUT2D eigenvalue weighted by Crippen LogP contribution is -2.06. The Morgan fingerprint density at radius 2 is 2.06 bits per heavy atom. The first-order valence-corrected chi connectivity index (χ1v) is 7.11. The summed E-state index contributed by atoms with van der Waals surface area (Å²) in [5, 5.41) is 9.69. The standard InChI is InChI=1S/C6H2ClF2IN2O4S/c7-17(15,16)3-1-2(10)4(5(8)9)6(11-3)12(13)14/h1,5H. The van der Waals surface area contributed by atoms with E-state index in [4.69, 9.17) is 10.7 Å². The van der Waals surface area contributed by atoms with Gasteiger partial charge in [-0.15, -0.1) is 0 Å². The molecule has 0 saturated carbocycles. The minimum absolute atomic E-state index is 0.293. The van der Waals surface area contributed by atoms with E-state index in [-0.39, 0.29) is 3.57 Å². The summed E-state index contributed by atoms with van der Waals surface area (Å²) in [5.74, 6) is -1.22. The van der Waals surface area contributed by atoms with E-state index in [1.54, 1.807) is 0 Å². The topological polar surface area (TPSA) is 90.2 Å². The van der Waals surface area contributed by atoms with Gasteiger partial charge in [0, 0.05) is 20.3 Å². The lowest BCUT2D eigenvalue weighted by atomic mass is 10.3. The number of alkyl halides is 2. The summed E-state index contributed by atoms with van der Waals surface area (Å²) in [6, 6.07) is 0.747. The average Bonchev–Trinajstić information content (AvgIpc) is 2.13. The molecule has 0 amide bonds. The third-order valence-corrected chi connectivity index (χ3v) is 3.68. The highest BCUT2D eigenvalue weighted by molar-refractivity contribution is 14.1. The summed E-state index contributed by atoms with van der Waals surface area (Å²) in [6.45, 7) is 0. The second kappa shape index (κ2) is 4.94. The third-order valence-electron chi connectivity index (χ3n) is 1.61. The number of hydrogen-bond acceptors (Lipinski definition) is 5. The van der Waals surface area contributed by atoms with Crippen LogP contribution >= 0.6 is 33.3 Å². The van der Waals surface area contributed by atoms with E-state index in [0.29, 0.717) is 0 Å². The number of nitro groups is 1. The molecule has 1 heterocycles. The molecule has 0 aromatic carbocycles. The Balaban J connectivity index is 3.64. The highest BCUT2D eigenvalue weighted by Gasteiger charge is 2.31. The number of nitrogens with zero attached hydrogens (tertiary/aromatic N) is 2. The van der Waals surface area contributed by atoms with Crippen LogP contribution in [0.5, 0.6) is 0 Å². The molecule has 0 fully saturated rings. The van der Waals surface area contributed by atoms with Gasteiger partial charge < -0.3 is 10.1 Å². The Morgan fingerprint density at radius 1 is 1.53 bits per heavy atom. The summed E-state index contributed by atoms with van der Waals surface area (Å²) in [4.78, 5) is 12.4. The highest BCUT2D eigenvalue weighted by atomic mass is 127. The number of aromatic nitrogens is 1. The maximum Gasteiger partial charge on any atom is 0.374 e. The average molecular weight is 399 g/mol. The number of hydrogen-bond donors (Lipinski definition) is 0. The smallest absolute Gasteiger partial charge is 0.358 e. The van der Waals surface area contributed by atoms with Gasteiger partial charge in [-0.05, 0) is 32.5 Å². The van der Waals surface area contributed by atoms with Crippen LogP contribution in [0, 0.1) is 13.7 Å². The quantitative estimate of drug-likeness (QED) is 0.338. The zero-order chi connectivity index (χ0) is 13.4. The van der Waals surface area contributed by atoms with E-state index in [0.717, 1.165) is 6.07 Å². The van der Waals surface area contributed by atoms with E-state index in [9.17, 15) is 27.3 Å². The Hall–Kier alpha value is -0.620. The molecule has 1 aromatic rings. The molecule has 0 unspecified atom stereocenters. The van der Waals surface area contributed by atoms with Gasteiger partial charge in [-0.2, -0.15) is 0 Å². The Labute approximate surface area is 112 Å². The van der Waals surface area contributed by atoms with Crippen molar-refractivity contribution in [1.29, 1.82) is 0 Å². The van der Waals surface area contributed by atoms with Crippen molar-refractivity contribution in [3.05, 3.63) is 25.3 Å². The fourth-order valence-electron chi connectivity index (χ4n) is 0.956. The second-order valence-electron chi connectivity index (χ2n) is 2.68. The van der Waals surface area contributed by atoms with Crippen LogP contribution in [0.2, 0.25) is 0 Å². The van der Waals surface area contributed by atoms with Gasteiger partial charge >= 0.3 is 14.9 Å². The summed E-state index contributed by atoms with van der Waals surface area (Å²) in [6.07, 6.45) is -3.14. The number of rotatable bonds is 3. The van der Waals surface area contributed by atoms with Crippen molar-refractivity contribution in [3.8, 4) is 0 Å². The number of pyridine rings is 1. The van der Waals surface area contributed by atoms with Crippen molar-refractivity contribution in [1.82, 2.24) is 4.98 Å². The van der Waals surface area contributed by atoms with Gasteiger partial charge in [0.1, 0.15) is 5.56 Å². The zero-order valence-corrected chi connectivity index (χ0v) is 11.3. The monoisotopic (exact) mass is 398 g/mol. The summed E-state index contributed by atoms with van der Waals surface area (Å²) >= 11 is 1.35. The maximum absolute atomic E-state index is 12.5. The summed E-state index contributed by atoms with van der Waals surface area (Å²) in [7, 11) is 0.619. The second-order valence-corrected chi connectivity index (χ2v) is 6.35. The first-order valence-electron chi connectivity index (χ1n) is 3.72. The molecule has 0 saturated heterocycles. The van der Waals surface area contributed by atoms with Gasteiger partial charge in [-0.25, -0.2) is 17.2 Å². The molecule has 11 heteroatoms. The lowest BCUT2D eigenvalue weighted by Gasteiger charge is -2.04. The van der Waals surface area contributed by atoms with Crippen LogP contribution in [-0.4, -0.2) is 18.3 Å². The molecular formula is C6H2ClF2IN2O4S. The summed E-state index contributed by atoms with van der Waals surface area (Å²) < 4.78 is 46.7. The zero-order valence-electron chi connectivity index (χ0n) is 7.60. The molecule has 6 nitrogen and oxygen atoms in total. The van der Waals surface area contributed by atoms with Gasteiger partial charge in [-0.3, -0.25) is 0 Å². The molecule has 1 rings (SSSR count). The molecule has 94 valence electrons. The predicted molar refractivity (Wildman–Crippen MR) is 61.6 cm³/mol. The van der Waals surface area contributed by atoms with E-state index < -0.39 is 36.8 Å². The van der Waals surface area contributed by atoms with Crippen molar-refractivity contribution in [2.45, 2.75) is 11.5 Å². The molecule has 0 radical (unpaired) electrons. The van der Waals surface area contributed by atoms with Gasteiger partial charge in [0.25, 0.3) is 11.5 Å². The van der Waals surface area contributed by atoms with Gasteiger partial charge in [-0.1, -0.05) is 0 Å². The van der Waals surface area contributed by atoms with Crippen LogP contribution in [0.4, 0.5) is 14.6 Å². The van der Waals surface area contributed by atoms with Crippen LogP contribution in [0.25, 0.3) is 0 Å². The minimum Gasteiger partial charge on any atom is -0.358 e. The Bertz CT molecular complexity index is 580. The molecule has 17 heavy (non-hydrogen) atoms. The molecule has 0 spiro atoms. The number of halogens is 4. The molecular weight excluding hydrogens is 396 g/mol. The fraction of sp³-hybridized carbons (Fsp3) is 0.167. The maximum atomic E-state index is 12.5. The van der Waals surface area contributed by atoms with E-state index >= 15 is 0 Å². The molecule has 0 N–H and O–H groups in total. The molecule has 0 atom stereocenters. The van der Waals surface area contributed by atoms with Crippen molar-refractivity contribution >= 4 is 48.1 Å². The fourth-order valence-corrected chi connectivity index (χ4v) is 2.63. The van der Waals surface area contributed by atoms with Crippen LogP contribution < -0.4 is 0 Å². The van der Waals surface area contributed by atoms with Gasteiger partial charge in [0.05, 0.1) is 0 Å².